The predicted molar refractivity (Wildman–Crippen MR) is 142 cm³/mol. The van der Waals surface area contributed by atoms with E-state index in [0.717, 1.165) is 36.0 Å². The summed E-state index contributed by atoms with van der Waals surface area (Å²) in [5.41, 5.74) is 4.64. The second kappa shape index (κ2) is 14.0. The Kier molecular flexibility index (Phi) is 10.4. The smallest absolute Gasteiger partial charge is 0.338 e. The van der Waals surface area contributed by atoms with Crippen molar-refractivity contribution in [2.45, 2.75) is 40.0 Å². The molecule has 0 heterocycles. The highest BCUT2D eigenvalue weighted by atomic mass is 16.6. The summed E-state index contributed by atoms with van der Waals surface area (Å²) in [7, 11) is 0. The third-order valence-corrected chi connectivity index (χ3v) is 6.14. The Hall–Kier alpha value is -3.93. The van der Waals surface area contributed by atoms with Gasteiger partial charge in [0, 0.05) is 0 Å². The molecule has 3 aromatic carbocycles. The molecular weight excluding hydrogens is 468 g/mol. The molecular formula is C31H34O6. The molecule has 0 aliphatic rings. The van der Waals surface area contributed by atoms with Gasteiger partial charge in [-0.1, -0.05) is 57.2 Å². The van der Waals surface area contributed by atoms with E-state index in [0.29, 0.717) is 16.7 Å². The van der Waals surface area contributed by atoms with Gasteiger partial charge in [-0.3, -0.25) is 0 Å². The molecule has 0 N–H and O–H groups in total. The number of rotatable bonds is 12. The van der Waals surface area contributed by atoms with E-state index in [1.807, 2.05) is 57.2 Å². The van der Waals surface area contributed by atoms with E-state index in [-0.39, 0.29) is 19.8 Å². The first-order chi connectivity index (χ1) is 17.9. The summed E-state index contributed by atoms with van der Waals surface area (Å²) in [4.78, 5) is 37.7. The molecule has 0 aliphatic carbocycles. The number of aryl methyl sites for hydroxylation is 3. The van der Waals surface area contributed by atoms with Crippen LogP contribution in [0.1, 0.15) is 68.5 Å². The van der Waals surface area contributed by atoms with Crippen molar-refractivity contribution < 1.29 is 28.6 Å². The van der Waals surface area contributed by atoms with E-state index in [2.05, 4.69) is 0 Å². The van der Waals surface area contributed by atoms with E-state index >= 15 is 0 Å². The maximum absolute atomic E-state index is 12.6. The number of hydrogen-bond acceptors (Lipinski definition) is 6. The Balaban J connectivity index is 1.62. The van der Waals surface area contributed by atoms with Crippen molar-refractivity contribution in [1.82, 2.24) is 0 Å². The summed E-state index contributed by atoms with van der Waals surface area (Å²) in [6.07, 6.45) is 2.61. The molecule has 3 aromatic rings. The van der Waals surface area contributed by atoms with Gasteiger partial charge in [0.05, 0.1) is 22.6 Å². The minimum Gasteiger partial charge on any atom is -0.462 e. The van der Waals surface area contributed by atoms with Crippen molar-refractivity contribution in [2.75, 3.05) is 19.8 Å². The summed E-state index contributed by atoms with van der Waals surface area (Å²) < 4.78 is 16.4. The van der Waals surface area contributed by atoms with E-state index in [1.165, 1.54) is 0 Å². The lowest BCUT2D eigenvalue weighted by Gasteiger charge is -2.18. The van der Waals surface area contributed by atoms with Crippen molar-refractivity contribution in [3.63, 3.8) is 0 Å². The molecule has 0 aliphatic heterocycles. The molecule has 0 fully saturated rings. The fourth-order valence-corrected chi connectivity index (χ4v) is 3.60. The van der Waals surface area contributed by atoms with Gasteiger partial charge in [-0.2, -0.15) is 0 Å². The number of carbonyl (C=O) groups excluding carboxylic acids is 3. The average Bonchev–Trinajstić information content (AvgIpc) is 2.96. The van der Waals surface area contributed by atoms with Crippen molar-refractivity contribution in [3.8, 4) is 0 Å². The average molecular weight is 503 g/mol. The Morgan fingerprint density at radius 1 is 0.486 bits per heavy atom. The molecule has 37 heavy (non-hydrogen) atoms. The minimum atomic E-state index is -0.531. The molecule has 0 spiro atoms. The number of hydrogen-bond donors (Lipinski definition) is 0. The van der Waals surface area contributed by atoms with Crippen LogP contribution >= 0.6 is 0 Å². The number of esters is 3. The van der Waals surface area contributed by atoms with Gasteiger partial charge in [0.15, 0.2) is 0 Å². The lowest BCUT2D eigenvalue weighted by Crippen LogP contribution is -2.26. The molecule has 194 valence electrons. The van der Waals surface area contributed by atoms with E-state index in [9.17, 15) is 14.4 Å². The topological polar surface area (TPSA) is 78.9 Å². The second-order valence-electron chi connectivity index (χ2n) is 8.81. The van der Waals surface area contributed by atoms with Crippen molar-refractivity contribution >= 4 is 17.9 Å². The Bertz CT molecular complexity index is 1010. The number of benzene rings is 3. The van der Waals surface area contributed by atoms with Crippen LogP contribution in [0.15, 0.2) is 72.8 Å². The molecule has 0 saturated carbocycles. The zero-order chi connectivity index (χ0) is 26.6. The van der Waals surface area contributed by atoms with Crippen molar-refractivity contribution in [3.05, 3.63) is 106 Å². The molecule has 0 amide bonds. The van der Waals surface area contributed by atoms with Gasteiger partial charge in [0.1, 0.15) is 19.8 Å². The second-order valence-corrected chi connectivity index (χ2v) is 8.81. The first-order valence-electron chi connectivity index (χ1n) is 12.7. The van der Waals surface area contributed by atoms with Gasteiger partial charge in [-0.05, 0) is 72.4 Å². The zero-order valence-corrected chi connectivity index (χ0v) is 21.7. The fraction of sp³-hybridized carbons (Fsp3) is 0.323. The summed E-state index contributed by atoms with van der Waals surface area (Å²) in [5.74, 6) is -2.00. The molecule has 0 bridgehead atoms. The van der Waals surface area contributed by atoms with Crippen LogP contribution in [0.3, 0.4) is 0 Å². The quantitative estimate of drug-likeness (QED) is 0.228. The monoisotopic (exact) mass is 502 g/mol. The molecule has 0 atom stereocenters. The molecule has 3 rings (SSSR count). The first kappa shape index (κ1) is 27.7. The Morgan fingerprint density at radius 3 is 0.946 bits per heavy atom. The highest BCUT2D eigenvalue weighted by molar-refractivity contribution is 5.90. The summed E-state index contributed by atoms with van der Waals surface area (Å²) in [6, 6.07) is 21.6. The van der Waals surface area contributed by atoms with Crippen LogP contribution in [0, 0.1) is 5.92 Å². The number of carbonyl (C=O) groups is 3. The van der Waals surface area contributed by atoms with Crippen LogP contribution in [0.25, 0.3) is 0 Å². The summed E-state index contributed by atoms with van der Waals surface area (Å²) >= 11 is 0. The Morgan fingerprint density at radius 2 is 0.730 bits per heavy atom. The van der Waals surface area contributed by atoms with Gasteiger partial charge in [-0.25, -0.2) is 14.4 Å². The third-order valence-electron chi connectivity index (χ3n) is 6.14. The largest absolute Gasteiger partial charge is 0.462 e. The van der Waals surface area contributed by atoms with Crippen LogP contribution in [0.2, 0.25) is 0 Å². The fourth-order valence-electron chi connectivity index (χ4n) is 3.60. The van der Waals surface area contributed by atoms with Gasteiger partial charge in [0.25, 0.3) is 0 Å². The third kappa shape index (κ3) is 8.31. The van der Waals surface area contributed by atoms with Crippen molar-refractivity contribution in [2.24, 2.45) is 5.92 Å². The van der Waals surface area contributed by atoms with Crippen LogP contribution in [0.5, 0.6) is 0 Å². The lowest BCUT2D eigenvalue weighted by molar-refractivity contribution is 0.00641. The highest BCUT2D eigenvalue weighted by Gasteiger charge is 2.19. The van der Waals surface area contributed by atoms with E-state index in [4.69, 9.17) is 14.2 Å². The van der Waals surface area contributed by atoms with Gasteiger partial charge in [0.2, 0.25) is 0 Å². The normalized spacial score (nSPS) is 10.7. The van der Waals surface area contributed by atoms with Crippen LogP contribution in [-0.2, 0) is 33.5 Å². The molecule has 0 unspecified atom stereocenters. The first-order valence-corrected chi connectivity index (χ1v) is 12.7. The Labute approximate surface area is 218 Å². The van der Waals surface area contributed by atoms with Crippen LogP contribution in [0.4, 0.5) is 0 Å². The molecule has 6 heteroatoms. The maximum Gasteiger partial charge on any atom is 0.338 e. The predicted octanol–water partition coefficient (Wildman–Crippen LogP) is 5.86. The molecule has 0 saturated heterocycles. The molecule has 0 radical (unpaired) electrons. The summed E-state index contributed by atoms with van der Waals surface area (Å²) in [6.45, 7) is 5.90. The van der Waals surface area contributed by atoms with Gasteiger partial charge >= 0.3 is 17.9 Å². The molecule has 0 aromatic heterocycles. The van der Waals surface area contributed by atoms with Gasteiger partial charge in [-0.15, -0.1) is 0 Å². The zero-order valence-electron chi connectivity index (χ0n) is 21.7. The summed E-state index contributed by atoms with van der Waals surface area (Å²) in [5, 5.41) is 0. The highest BCUT2D eigenvalue weighted by Crippen LogP contribution is 2.13. The van der Waals surface area contributed by atoms with Crippen LogP contribution < -0.4 is 0 Å². The maximum atomic E-state index is 12.6. The SMILES string of the molecule is CCc1ccc(C(=O)OCC(COC(=O)c2ccc(CC)cc2)COC(=O)c2ccc(CC)cc2)cc1. The minimum absolute atomic E-state index is 0.0710. The number of ether oxygens (including phenoxy) is 3. The molecule has 6 nitrogen and oxygen atoms in total. The standard InChI is InChI=1S/C31H34O6/c1-4-22-7-13-26(14-8-22)29(32)35-19-25(20-36-30(33)27-15-9-23(5-2)10-16-27)21-37-31(34)28-17-11-24(6-3)12-18-28/h7-18,25H,4-6,19-21H2,1-3H3. The van der Waals surface area contributed by atoms with Gasteiger partial charge < -0.3 is 14.2 Å². The van der Waals surface area contributed by atoms with E-state index in [1.54, 1.807) is 36.4 Å². The van der Waals surface area contributed by atoms with E-state index < -0.39 is 23.8 Å². The van der Waals surface area contributed by atoms with Crippen molar-refractivity contribution in [1.29, 1.82) is 0 Å². The van der Waals surface area contributed by atoms with Crippen LogP contribution in [-0.4, -0.2) is 37.7 Å². The lowest BCUT2D eigenvalue weighted by atomic mass is 10.1.